The number of nitrogens with zero attached hydrogens (tertiary/aromatic N) is 2. The van der Waals surface area contributed by atoms with Gasteiger partial charge in [0, 0.05) is 16.5 Å². The van der Waals surface area contributed by atoms with E-state index in [1.165, 1.54) is 0 Å². The second kappa shape index (κ2) is 8.59. The summed E-state index contributed by atoms with van der Waals surface area (Å²) in [5, 5.41) is 0. The predicted molar refractivity (Wildman–Crippen MR) is 111 cm³/mol. The van der Waals surface area contributed by atoms with Crippen molar-refractivity contribution in [1.29, 1.82) is 0 Å². The Hall–Kier alpha value is -2.30. The monoisotopic (exact) mass is 366 g/mol. The summed E-state index contributed by atoms with van der Waals surface area (Å²) in [6.07, 6.45) is 0. The highest BCUT2D eigenvalue weighted by atomic mass is 16.1. The summed E-state index contributed by atoms with van der Waals surface area (Å²) in [6, 6.07) is 15.7. The first-order valence-electron chi connectivity index (χ1n) is 9.18. The van der Waals surface area contributed by atoms with Crippen LogP contribution in [-0.2, 0) is 5.41 Å². The fraction of sp³-hybridized carbons (Fsp3) is 0.391. The second-order valence-electron chi connectivity index (χ2n) is 8.11. The highest BCUT2D eigenvalue weighted by Crippen LogP contribution is 2.32. The molecule has 2 aromatic carbocycles. The average molecular weight is 367 g/mol. The van der Waals surface area contributed by atoms with Gasteiger partial charge in [-0.3, -0.25) is 9.59 Å². The molecule has 0 unspecified atom stereocenters. The number of ketones is 2. The van der Waals surface area contributed by atoms with Gasteiger partial charge in [-0.25, -0.2) is 0 Å². The molecule has 0 spiro atoms. The molecule has 4 heteroatoms. The summed E-state index contributed by atoms with van der Waals surface area (Å²) in [6.45, 7) is 5.07. The largest absolute Gasteiger partial charge is 0.302 e. The van der Waals surface area contributed by atoms with E-state index >= 15 is 0 Å². The van der Waals surface area contributed by atoms with Crippen molar-refractivity contribution in [2.24, 2.45) is 0 Å². The first-order valence-corrected chi connectivity index (χ1v) is 9.18. The predicted octanol–water partition coefficient (Wildman–Crippen LogP) is 3.50. The van der Waals surface area contributed by atoms with Gasteiger partial charge in [-0.05, 0) is 45.4 Å². The molecule has 0 atom stereocenters. The summed E-state index contributed by atoms with van der Waals surface area (Å²) in [7, 11) is 7.57. The minimum Gasteiger partial charge on any atom is -0.302 e. The van der Waals surface area contributed by atoms with E-state index in [2.05, 4.69) is 19.9 Å². The molecule has 0 radical (unpaired) electrons. The lowest BCUT2D eigenvalue weighted by Crippen LogP contribution is -2.23. The normalized spacial score (nSPS) is 11.9. The zero-order valence-electron chi connectivity index (χ0n) is 17.2. The number of rotatable bonds is 8. The number of carbonyl (C=O) groups excluding carboxylic acids is 2. The molecule has 0 bridgehead atoms. The first kappa shape index (κ1) is 21.0. The number of hydrogen-bond acceptors (Lipinski definition) is 4. The Labute approximate surface area is 162 Å². The minimum atomic E-state index is -0.266. The van der Waals surface area contributed by atoms with E-state index in [4.69, 9.17) is 0 Å². The average Bonchev–Trinajstić information content (AvgIpc) is 2.60. The zero-order valence-corrected chi connectivity index (χ0v) is 17.2. The minimum absolute atomic E-state index is 0.112. The fourth-order valence-corrected chi connectivity index (χ4v) is 3.08. The summed E-state index contributed by atoms with van der Waals surface area (Å²) in [4.78, 5) is 28.4. The van der Waals surface area contributed by atoms with Crippen molar-refractivity contribution in [3.63, 3.8) is 0 Å². The van der Waals surface area contributed by atoms with Crippen molar-refractivity contribution >= 4 is 11.6 Å². The Morgan fingerprint density at radius 1 is 0.741 bits per heavy atom. The van der Waals surface area contributed by atoms with Gasteiger partial charge in [0.2, 0.25) is 0 Å². The van der Waals surface area contributed by atoms with Crippen molar-refractivity contribution in [2.75, 3.05) is 41.3 Å². The third kappa shape index (κ3) is 5.34. The maximum Gasteiger partial charge on any atom is 0.176 e. The highest BCUT2D eigenvalue weighted by molar-refractivity contribution is 5.98. The van der Waals surface area contributed by atoms with Crippen molar-refractivity contribution < 1.29 is 9.59 Å². The second-order valence-corrected chi connectivity index (χ2v) is 8.11. The Morgan fingerprint density at radius 3 is 1.78 bits per heavy atom. The van der Waals surface area contributed by atoms with Crippen LogP contribution in [0.2, 0.25) is 0 Å². The standard InChI is InChI=1S/C23H30N2O2/c1-23(2,19-12-10-17(11-13-19)21(26)15-24(3)4)20-9-7-8-18(14-20)22(27)16-25(5)6/h7-14H,15-16H2,1-6H3. The lowest BCUT2D eigenvalue weighted by molar-refractivity contribution is 0.0949. The van der Waals surface area contributed by atoms with Gasteiger partial charge in [-0.15, -0.1) is 0 Å². The van der Waals surface area contributed by atoms with Crippen LogP contribution < -0.4 is 0 Å². The number of hydrogen-bond donors (Lipinski definition) is 0. The third-order valence-corrected chi connectivity index (χ3v) is 4.75. The Bertz CT molecular complexity index is 805. The summed E-state index contributed by atoms with van der Waals surface area (Å²) in [5.74, 6) is 0.225. The maximum absolute atomic E-state index is 12.4. The van der Waals surface area contributed by atoms with E-state index in [1.54, 1.807) is 0 Å². The van der Waals surface area contributed by atoms with E-state index in [0.29, 0.717) is 13.1 Å². The molecule has 0 aromatic heterocycles. The quantitative estimate of drug-likeness (QED) is 0.671. The summed E-state index contributed by atoms with van der Waals surface area (Å²) in [5.41, 5.74) is 3.38. The Balaban J connectivity index is 2.27. The van der Waals surface area contributed by atoms with Crippen molar-refractivity contribution in [1.82, 2.24) is 9.80 Å². The Morgan fingerprint density at radius 2 is 1.26 bits per heavy atom. The van der Waals surface area contributed by atoms with Crippen LogP contribution >= 0.6 is 0 Å². The first-order chi connectivity index (χ1) is 12.6. The molecule has 2 aromatic rings. The van der Waals surface area contributed by atoms with Crippen LogP contribution in [0.15, 0.2) is 48.5 Å². The van der Waals surface area contributed by atoms with Crippen LogP contribution in [0.1, 0.15) is 45.7 Å². The summed E-state index contributed by atoms with van der Waals surface area (Å²) < 4.78 is 0. The van der Waals surface area contributed by atoms with E-state index in [-0.39, 0.29) is 17.0 Å². The van der Waals surface area contributed by atoms with Crippen LogP contribution in [0, 0.1) is 0 Å². The zero-order chi connectivity index (χ0) is 20.2. The molecule has 0 saturated heterocycles. The molecule has 0 aliphatic carbocycles. The van der Waals surface area contributed by atoms with Crippen molar-refractivity contribution in [3.05, 3.63) is 70.8 Å². The molecule has 0 amide bonds. The molecule has 0 aliphatic rings. The number of Topliss-reactive ketones (excluding diaryl/α,β-unsaturated/α-hetero) is 2. The third-order valence-electron chi connectivity index (χ3n) is 4.75. The molecule has 0 saturated carbocycles. The highest BCUT2D eigenvalue weighted by Gasteiger charge is 2.24. The molecule has 0 N–H and O–H groups in total. The van der Waals surface area contributed by atoms with E-state index < -0.39 is 0 Å². The molecule has 144 valence electrons. The van der Waals surface area contributed by atoms with Gasteiger partial charge >= 0.3 is 0 Å². The van der Waals surface area contributed by atoms with Gasteiger partial charge in [0.05, 0.1) is 13.1 Å². The lowest BCUT2D eigenvalue weighted by atomic mass is 9.77. The molecule has 0 heterocycles. The fourth-order valence-electron chi connectivity index (χ4n) is 3.08. The van der Waals surface area contributed by atoms with E-state index in [1.807, 2.05) is 80.5 Å². The van der Waals surface area contributed by atoms with Crippen LogP contribution in [0.25, 0.3) is 0 Å². The molecule has 0 aliphatic heterocycles. The SMILES string of the molecule is CN(C)CC(=O)c1ccc(C(C)(C)c2cccc(C(=O)CN(C)C)c2)cc1. The Kier molecular flexibility index (Phi) is 6.68. The van der Waals surface area contributed by atoms with Gasteiger partial charge in [0.15, 0.2) is 11.6 Å². The molecule has 4 nitrogen and oxygen atoms in total. The van der Waals surface area contributed by atoms with Gasteiger partial charge in [0.1, 0.15) is 0 Å². The number of likely N-dealkylation sites (N-methyl/N-ethyl adjacent to an activating group) is 2. The van der Waals surface area contributed by atoms with Gasteiger partial charge in [-0.1, -0.05) is 56.3 Å². The van der Waals surface area contributed by atoms with Gasteiger partial charge in [0.25, 0.3) is 0 Å². The molecule has 0 fully saturated rings. The van der Waals surface area contributed by atoms with Crippen LogP contribution in [-0.4, -0.2) is 62.6 Å². The number of benzene rings is 2. The van der Waals surface area contributed by atoms with Gasteiger partial charge in [-0.2, -0.15) is 0 Å². The topological polar surface area (TPSA) is 40.6 Å². The molecule has 2 rings (SSSR count). The number of carbonyl (C=O) groups is 2. The van der Waals surface area contributed by atoms with Crippen LogP contribution in [0.3, 0.4) is 0 Å². The van der Waals surface area contributed by atoms with Crippen molar-refractivity contribution in [2.45, 2.75) is 19.3 Å². The van der Waals surface area contributed by atoms with Crippen LogP contribution in [0.4, 0.5) is 0 Å². The van der Waals surface area contributed by atoms with E-state index in [0.717, 1.165) is 22.3 Å². The molecular formula is C23H30N2O2. The maximum atomic E-state index is 12.4. The van der Waals surface area contributed by atoms with E-state index in [9.17, 15) is 9.59 Å². The smallest absolute Gasteiger partial charge is 0.176 e. The molecular weight excluding hydrogens is 336 g/mol. The van der Waals surface area contributed by atoms with Crippen molar-refractivity contribution in [3.8, 4) is 0 Å². The lowest BCUT2D eigenvalue weighted by Gasteiger charge is -2.27. The summed E-state index contributed by atoms with van der Waals surface area (Å²) >= 11 is 0. The van der Waals surface area contributed by atoms with Gasteiger partial charge < -0.3 is 9.80 Å². The molecule has 27 heavy (non-hydrogen) atoms. The van der Waals surface area contributed by atoms with Crippen LogP contribution in [0.5, 0.6) is 0 Å².